The zero-order valence-corrected chi connectivity index (χ0v) is 28.7. The van der Waals surface area contributed by atoms with E-state index in [2.05, 4.69) is 31.0 Å². The smallest absolute Gasteiger partial charge is 0.319 e. The van der Waals surface area contributed by atoms with E-state index in [1.54, 1.807) is 50.2 Å². The number of ketones is 1. The van der Waals surface area contributed by atoms with Crippen LogP contribution in [0.2, 0.25) is 0 Å². The molecule has 0 spiro atoms. The number of fused-ring (bicyclic) bond motifs is 1. The van der Waals surface area contributed by atoms with E-state index in [1.807, 2.05) is 24.0 Å². The first-order valence-corrected chi connectivity index (χ1v) is 14.6. The topological polar surface area (TPSA) is 119 Å². The number of Topliss-reactive ketones (excluding diaryl/α,β-unsaturated/α-hetero) is 1. The van der Waals surface area contributed by atoms with E-state index in [0.717, 1.165) is 22.6 Å². The summed E-state index contributed by atoms with van der Waals surface area (Å²) in [4.78, 5) is 46.2. The Balaban J connectivity index is 0.00000529. The maximum atomic E-state index is 13.9. The van der Waals surface area contributed by atoms with Crippen molar-refractivity contribution in [2.24, 2.45) is 0 Å². The Kier molecular flexibility index (Phi) is 10.9. The fourth-order valence-corrected chi connectivity index (χ4v) is 5.62. The quantitative estimate of drug-likeness (QED) is 0.405. The summed E-state index contributed by atoms with van der Waals surface area (Å²) in [5.74, 6) is 0.973. The number of halogens is 1. The van der Waals surface area contributed by atoms with Crippen molar-refractivity contribution in [2.75, 3.05) is 72.5 Å². The average molecular weight is 674 g/mol. The molecule has 2 aromatic carbocycles. The van der Waals surface area contributed by atoms with Gasteiger partial charge in [0, 0.05) is 70.6 Å². The molecule has 0 aliphatic carbocycles. The van der Waals surface area contributed by atoms with Gasteiger partial charge in [-0.1, -0.05) is 20.8 Å². The summed E-state index contributed by atoms with van der Waals surface area (Å²) in [6.45, 7) is 11.2. The third-order valence-electron chi connectivity index (χ3n) is 7.92. The van der Waals surface area contributed by atoms with Gasteiger partial charge in [-0.2, -0.15) is 0 Å². The summed E-state index contributed by atoms with van der Waals surface area (Å²) in [7, 11) is 6.70. The van der Waals surface area contributed by atoms with Gasteiger partial charge in [0.15, 0.2) is 5.78 Å². The number of nitrogens with zero attached hydrogens (tertiary/aromatic N) is 4. The van der Waals surface area contributed by atoms with Crippen LogP contribution < -0.4 is 19.7 Å². The van der Waals surface area contributed by atoms with E-state index >= 15 is 0 Å². The Bertz CT molecular complexity index is 1430. The standard InChI is InChI=1S/C32H44N6O5.BrH/c1-9-43-27-16-21-18-38(29(33)22(21)17-23(27)30(40)34-5)19-26(39)20-14-24(32(2,3)4)28(42-8)25(15-20)36-10-12-37(13-11-36)31(41)35(6)7;/h14-17,33H,9-13,18-19H2,1-8H3,(H,34,40);1H. The summed E-state index contributed by atoms with van der Waals surface area (Å²) >= 11 is 0. The molecule has 4 rings (SSSR count). The lowest BCUT2D eigenvalue weighted by molar-refractivity contribution is 0.0953. The number of piperazine rings is 1. The van der Waals surface area contributed by atoms with Gasteiger partial charge in [0.1, 0.15) is 17.3 Å². The second kappa shape index (κ2) is 13.9. The van der Waals surface area contributed by atoms with Gasteiger partial charge in [0.05, 0.1) is 31.5 Å². The SMILES string of the molecule is Br.CCOc1cc2c(cc1C(=O)NC)C(=N)N(CC(=O)c1cc(N3CCN(C(=O)N(C)C)CC3)c(OC)c(C(C)(C)C)c1)C2. The molecule has 2 aliphatic rings. The summed E-state index contributed by atoms with van der Waals surface area (Å²) in [6, 6.07) is 7.24. The van der Waals surface area contributed by atoms with E-state index in [4.69, 9.17) is 14.9 Å². The summed E-state index contributed by atoms with van der Waals surface area (Å²) in [5, 5.41) is 11.5. The van der Waals surface area contributed by atoms with Gasteiger partial charge in [0.25, 0.3) is 5.91 Å². The van der Waals surface area contributed by atoms with Crippen molar-refractivity contribution >= 4 is 46.2 Å². The fraction of sp³-hybridized carbons (Fsp3) is 0.500. The van der Waals surface area contributed by atoms with Crippen LogP contribution in [0.25, 0.3) is 0 Å². The zero-order chi connectivity index (χ0) is 31.6. The highest BCUT2D eigenvalue weighted by Gasteiger charge is 2.32. The monoisotopic (exact) mass is 672 g/mol. The van der Waals surface area contributed by atoms with Crippen molar-refractivity contribution in [3.05, 3.63) is 52.1 Å². The number of anilines is 1. The van der Waals surface area contributed by atoms with Crippen LogP contribution in [0.3, 0.4) is 0 Å². The van der Waals surface area contributed by atoms with E-state index in [-0.39, 0.29) is 52.5 Å². The molecule has 11 nitrogen and oxygen atoms in total. The number of amidine groups is 1. The molecule has 0 unspecified atom stereocenters. The minimum Gasteiger partial charge on any atom is -0.494 e. The average Bonchev–Trinajstić information content (AvgIpc) is 3.28. The Hall–Kier alpha value is -3.80. The molecule has 3 amide bonds. The molecule has 0 aromatic heterocycles. The number of carbonyl (C=O) groups excluding carboxylic acids is 3. The number of hydrogen-bond donors (Lipinski definition) is 2. The van der Waals surface area contributed by atoms with Crippen molar-refractivity contribution in [1.29, 1.82) is 5.41 Å². The van der Waals surface area contributed by atoms with Crippen LogP contribution in [0.4, 0.5) is 10.5 Å². The number of nitrogens with one attached hydrogen (secondary N) is 2. The Morgan fingerprint density at radius 3 is 2.25 bits per heavy atom. The number of urea groups is 1. The first kappa shape index (κ1) is 34.7. The Morgan fingerprint density at radius 2 is 1.70 bits per heavy atom. The van der Waals surface area contributed by atoms with Gasteiger partial charge in [-0.3, -0.25) is 15.0 Å². The first-order valence-electron chi connectivity index (χ1n) is 14.6. The maximum Gasteiger partial charge on any atom is 0.319 e. The highest BCUT2D eigenvalue weighted by Crippen LogP contribution is 2.41. The normalized spacial score (nSPS) is 14.5. The third-order valence-corrected chi connectivity index (χ3v) is 7.92. The van der Waals surface area contributed by atoms with Gasteiger partial charge in [0.2, 0.25) is 0 Å². The van der Waals surface area contributed by atoms with Gasteiger partial charge in [-0.25, -0.2) is 4.79 Å². The summed E-state index contributed by atoms with van der Waals surface area (Å²) in [5.41, 5.74) is 3.79. The maximum absolute atomic E-state index is 13.9. The summed E-state index contributed by atoms with van der Waals surface area (Å²) < 4.78 is 11.7. The number of benzene rings is 2. The minimum atomic E-state index is -0.304. The minimum absolute atomic E-state index is 0. The largest absolute Gasteiger partial charge is 0.494 e. The molecule has 1 fully saturated rings. The summed E-state index contributed by atoms with van der Waals surface area (Å²) in [6.07, 6.45) is 0. The van der Waals surface area contributed by atoms with E-state index in [9.17, 15) is 14.4 Å². The number of ether oxygens (including phenoxy) is 2. The predicted octanol–water partition coefficient (Wildman–Crippen LogP) is 4.16. The molecule has 0 saturated carbocycles. The highest BCUT2D eigenvalue weighted by molar-refractivity contribution is 8.93. The Morgan fingerprint density at radius 1 is 1.05 bits per heavy atom. The lowest BCUT2D eigenvalue weighted by Gasteiger charge is -2.38. The number of hydrogen-bond acceptors (Lipinski definition) is 7. The number of amides is 3. The number of methoxy groups -OCH3 is 1. The fourth-order valence-electron chi connectivity index (χ4n) is 5.62. The van der Waals surface area contributed by atoms with Crippen molar-refractivity contribution in [3.63, 3.8) is 0 Å². The third kappa shape index (κ3) is 6.95. The second-order valence-corrected chi connectivity index (χ2v) is 12.1. The van der Waals surface area contributed by atoms with Crippen LogP contribution in [0.15, 0.2) is 24.3 Å². The van der Waals surface area contributed by atoms with Crippen molar-refractivity contribution in [1.82, 2.24) is 20.0 Å². The number of rotatable bonds is 8. The lowest BCUT2D eigenvalue weighted by atomic mass is 9.84. The molecule has 2 aromatic rings. The first-order chi connectivity index (χ1) is 20.3. The molecule has 1 saturated heterocycles. The molecule has 2 N–H and O–H groups in total. The van der Waals surface area contributed by atoms with Crippen LogP contribution >= 0.6 is 17.0 Å². The van der Waals surface area contributed by atoms with Crippen molar-refractivity contribution in [3.8, 4) is 11.5 Å². The molecule has 2 aliphatic heterocycles. The van der Waals surface area contributed by atoms with E-state index in [0.29, 0.717) is 61.8 Å². The van der Waals surface area contributed by atoms with Crippen LogP contribution in [-0.4, -0.2) is 106 Å². The van der Waals surface area contributed by atoms with Crippen LogP contribution in [0.5, 0.6) is 11.5 Å². The van der Waals surface area contributed by atoms with Gasteiger partial charge in [-0.05, 0) is 42.2 Å². The highest BCUT2D eigenvalue weighted by atomic mass is 79.9. The van der Waals surface area contributed by atoms with E-state index < -0.39 is 0 Å². The van der Waals surface area contributed by atoms with Crippen LogP contribution in [0, 0.1) is 5.41 Å². The van der Waals surface area contributed by atoms with Crippen molar-refractivity contribution < 1.29 is 23.9 Å². The number of carbonyl (C=O) groups is 3. The lowest BCUT2D eigenvalue weighted by Crippen LogP contribution is -2.51. The van der Waals surface area contributed by atoms with Gasteiger partial charge < -0.3 is 34.4 Å². The molecule has 2 heterocycles. The molecular formula is C32H45BrN6O5. The molecule has 0 bridgehead atoms. The second-order valence-electron chi connectivity index (χ2n) is 12.1. The van der Waals surface area contributed by atoms with Crippen molar-refractivity contribution in [2.45, 2.75) is 39.7 Å². The molecule has 0 radical (unpaired) electrons. The van der Waals surface area contributed by atoms with Gasteiger partial charge >= 0.3 is 6.03 Å². The molecule has 0 atom stereocenters. The van der Waals surface area contributed by atoms with Gasteiger partial charge in [-0.15, -0.1) is 17.0 Å². The Labute approximate surface area is 270 Å². The zero-order valence-electron chi connectivity index (χ0n) is 27.0. The molecule has 240 valence electrons. The predicted molar refractivity (Wildman–Crippen MR) is 177 cm³/mol. The van der Waals surface area contributed by atoms with Crippen LogP contribution in [0.1, 0.15) is 65.1 Å². The van der Waals surface area contributed by atoms with E-state index in [1.165, 1.54) is 0 Å². The van der Waals surface area contributed by atoms with Crippen LogP contribution in [-0.2, 0) is 12.0 Å². The molecule has 44 heavy (non-hydrogen) atoms. The molecular weight excluding hydrogens is 628 g/mol. The molecule has 12 heteroatoms.